The standard InChI is InChI=1S/C62H46N2/c1-3-20-55(21-4-1)63(61-26-12-16-51-14-7-9-24-59(51)61)57-40-36-47(37-41-57)45-28-32-49(33-29-45)53-18-11-19-54(44-53)50-34-30-46(31-35-50)48-38-42-58(43-39-48)64(56-22-5-2-6-23-56)62-27-13-17-52-15-8-10-25-60(52)62/h1-22,24-44,56H,23H2. The van der Waals surface area contributed by atoms with E-state index in [9.17, 15) is 0 Å². The summed E-state index contributed by atoms with van der Waals surface area (Å²) in [7, 11) is 0. The molecule has 1 unspecified atom stereocenters. The number of allylic oxidation sites excluding steroid dienone is 2. The van der Waals surface area contributed by atoms with Gasteiger partial charge in [-0.3, -0.25) is 0 Å². The quantitative estimate of drug-likeness (QED) is 0.136. The summed E-state index contributed by atoms with van der Waals surface area (Å²) in [4.78, 5) is 4.84. The van der Waals surface area contributed by atoms with E-state index in [-0.39, 0.29) is 6.04 Å². The van der Waals surface area contributed by atoms with Crippen LogP contribution in [0.1, 0.15) is 6.42 Å². The van der Waals surface area contributed by atoms with E-state index in [4.69, 9.17) is 0 Å². The second-order valence-electron chi connectivity index (χ2n) is 16.5. The summed E-state index contributed by atoms with van der Waals surface area (Å²) in [5.41, 5.74) is 15.4. The molecule has 10 aromatic carbocycles. The molecule has 2 heteroatoms. The minimum atomic E-state index is 0.242. The number of hydrogen-bond donors (Lipinski definition) is 0. The summed E-state index contributed by atoms with van der Waals surface area (Å²) in [5.74, 6) is 0. The van der Waals surface area contributed by atoms with Crippen LogP contribution in [0.15, 0.2) is 261 Å². The van der Waals surface area contributed by atoms with E-state index >= 15 is 0 Å². The predicted molar refractivity (Wildman–Crippen MR) is 273 cm³/mol. The molecule has 0 saturated carbocycles. The SMILES string of the molecule is C1=CCC(N(c2ccc(-c3ccc(-c4cccc(-c5ccc(-c6ccc(N(c7ccccc7)c7cccc8ccccc78)cc6)cc5)c4)cc3)cc2)c2cccc3ccccc23)C=C1. The van der Waals surface area contributed by atoms with Gasteiger partial charge in [-0.05, 0) is 116 Å². The minimum absolute atomic E-state index is 0.242. The molecule has 0 bridgehead atoms. The van der Waals surface area contributed by atoms with E-state index < -0.39 is 0 Å². The van der Waals surface area contributed by atoms with Crippen LogP contribution in [0.25, 0.3) is 66.1 Å². The molecule has 1 atom stereocenters. The highest BCUT2D eigenvalue weighted by atomic mass is 15.2. The normalized spacial score (nSPS) is 13.3. The van der Waals surface area contributed by atoms with Crippen molar-refractivity contribution in [2.24, 2.45) is 0 Å². The molecule has 304 valence electrons. The Balaban J connectivity index is 0.811. The van der Waals surface area contributed by atoms with E-state index in [1.165, 1.54) is 77.4 Å². The molecule has 10 aromatic rings. The molecule has 0 aliphatic heterocycles. The molecule has 11 rings (SSSR count). The van der Waals surface area contributed by atoms with Crippen molar-refractivity contribution in [2.45, 2.75) is 12.5 Å². The third kappa shape index (κ3) is 7.67. The monoisotopic (exact) mass is 818 g/mol. The first-order chi connectivity index (χ1) is 31.7. The number of fused-ring (bicyclic) bond motifs is 2. The highest BCUT2D eigenvalue weighted by molar-refractivity contribution is 5.99. The van der Waals surface area contributed by atoms with Crippen molar-refractivity contribution >= 4 is 50.0 Å². The van der Waals surface area contributed by atoms with Crippen LogP contribution in [0.5, 0.6) is 0 Å². The lowest BCUT2D eigenvalue weighted by molar-refractivity contribution is 0.787. The van der Waals surface area contributed by atoms with Gasteiger partial charge in [-0.1, -0.05) is 206 Å². The van der Waals surface area contributed by atoms with Gasteiger partial charge in [-0.2, -0.15) is 0 Å². The fraction of sp³-hybridized carbons (Fsp3) is 0.0323. The molecule has 64 heavy (non-hydrogen) atoms. The summed E-state index contributed by atoms with van der Waals surface area (Å²) in [6.07, 6.45) is 9.85. The molecule has 0 fully saturated rings. The second-order valence-corrected chi connectivity index (χ2v) is 16.5. The topological polar surface area (TPSA) is 6.48 Å². The van der Waals surface area contributed by atoms with Gasteiger partial charge in [0.25, 0.3) is 0 Å². The fourth-order valence-corrected chi connectivity index (χ4v) is 9.30. The van der Waals surface area contributed by atoms with Crippen LogP contribution < -0.4 is 9.80 Å². The molecule has 0 aromatic heterocycles. The Labute approximate surface area is 376 Å². The molecule has 0 radical (unpaired) electrons. The van der Waals surface area contributed by atoms with Gasteiger partial charge in [-0.25, -0.2) is 0 Å². The molecule has 1 aliphatic rings. The maximum absolute atomic E-state index is 2.49. The Morgan fingerprint density at radius 1 is 0.312 bits per heavy atom. The molecule has 1 aliphatic carbocycles. The smallest absolute Gasteiger partial charge is 0.0560 e. The number of para-hydroxylation sites is 1. The zero-order valence-electron chi connectivity index (χ0n) is 35.5. The number of anilines is 5. The first-order valence-corrected chi connectivity index (χ1v) is 22.2. The summed E-state index contributed by atoms with van der Waals surface area (Å²) in [6.45, 7) is 0. The maximum atomic E-state index is 2.49. The molecular weight excluding hydrogens is 773 g/mol. The first-order valence-electron chi connectivity index (χ1n) is 22.2. The third-order valence-electron chi connectivity index (χ3n) is 12.6. The lowest BCUT2D eigenvalue weighted by Crippen LogP contribution is -2.29. The molecule has 2 nitrogen and oxygen atoms in total. The molecule has 0 spiro atoms. The van der Waals surface area contributed by atoms with Crippen molar-refractivity contribution in [3.05, 3.63) is 261 Å². The highest BCUT2D eigenvalue weighted by Crippen LogP contribution is 2.41. The van der Waals surface area contributed by atoms with Gasteiger partial charge in [0.05, 0.1) is 11.7 Å². The number of benzene rings is 10. The van der Waals surface area contributed by atoms with Gasteiger partial charge in [-0.15, -0.1) is 0 Å². The van der Waals surface area contributed by atoms with E-state index in [1.54, 1.807) is 0 Å². The second kappa shape index (κ2) is 17.3. The van der Waals surface area contributed by atoms with Crippen LogP contribution in [-0.4, -0.2) is 6.04 Å². The number of rotatable bonds is 10. The fourth-order valence-electron chi connectivity index (χ4n) is 9.30. The van der Waals surface area contributed by atoms with Crippen LogP contribution in [0.2, 0.25) is 0 Å². The van der Waals surface area contributed by atoms with E-state index in [0.717, 1.165) is 23.5 Å². The van der Waals surface area contributed by atoms with Gasteiger partial charge in [0.2, 0.25) is 0 Å². The Hall–Kier alpha value is -8.20. The van der Waals surface area contributed by atoms with Gasteiger partial charge < -0.3 is 9.80 Å². The van der Waals surface area contributed by atoms with Gasteiger partial charge in [0.15, 0.2) is 0 Å². The Kier molecular flexibility index (Phi) is 10.5. The predicted octanol–water partition coefficient (Wildman–Crippen LogP) is 17.2. The van der Waals surface area contributed by atoms with Crippen molar-refractivity contribution in [1.82, 2.24) is 0 Å². The van der Waals surface area contributed by atoms with Crippen molar-refractivity contribution in [3.63, 3.8) is 0 Å². The minimum Gasteiger partial charge on any atom is -0.334 e. The third-order valence-corrected chi connectivity index (χ3v) is 12.6. The largest absolute Gasteiger partial charge is 0.334 e. The zero-order chi connectivity index (χ0) is 42.7. The zero-order valence-corrected chi connectivity index (χ0v) is 35.5. The molecule has 0 amide bonds. The number of nitrogens with zero attached hydrogens (tertiary/aromatic N) is 2. The van der Waals surface area contributed by atoms with Gasteiger partial charge in [0.1, 0.15) is 0 Å². The molecule has 0 N–H and O–H groups in total. The summed E-state index contributed by atoms with van der Waals surface area (Å²) >= 11 is 0. The van der Waals surface area contributed by atoms with Crippen LogP contribution in [-0.2, 0) is 0 Å². The van der Waals surface area contributed by atoms with Crippen molar-refractivity contribution in [2.75, 3.05) is 9.80 Å². The lowest BCUT2D eigenvalue weighted by atomic mass is 9.96. The summed E-state index contributed by atoms with van der Waals surface area (Å²) in [5, 5.41) is 4.97. The van der Waals surface area contributed by atoms with Crippen LogP contribution in [0, 0.1) is 0 Å². The van der Waals surface area contributed by atoms with Crippen LogP contribution in [0.3, 0.4) is 0 Å². The van der Waals surface area contributed by atoms with Crippen LogP contribution in [0.4, 0.5) is 28.4 Å². The average molecular weight is 819 g/mol. The Bertz CT molecular complexity index is 3260. The highest BCUT2D eigenvalue weighted by Gasteiger charge is 2.21. The van der Waals surface area contributed by atoms with Gasteiger partial charge >= 0.3 is 0 Å². The van der Waals surface area contributed by atoms with E-state index in [1.807, 2.05) is 0 Å². The summed E-state index contributed by atoms with van der Waals surface area (Å²) in [6, 6.07) is 86.1. The average Bonchev–Trinajstić information content (AvgIpc) is 3.38. The van der Waals surface area contributed by atoms with E-state index in [2.05, 4.69) is 271 Å². The van der Waals surface area contributed by atoms with Crippen molar-refractivity contribution in [3.8, 4) is 44.5 Å². The Morgan fingerprint density at radius 2 is 0.734 bits per heavy atom. The molecule has 0 heterocycles. The Morgan fingerprint density at radius 3 is 1.28 bits per heavy atom. The summed E-state index contributed by atoms with van der Waals surface area (Å²) < 4.78 is 0. The maximum Gasteiger partial charge on any atom is 0.0560 e. The van der Waals surface area contributed by atoms with Crippen molar-refractivity contribution < 1.29 is 0 Å². The van der Waals surface area contributed by atoms with Crippen LogP contribution >= 0.6 is 0 Å². The molecular formula is C62H46N2. The van der Waals surface area contributed by atoms with E-state index in [0.29, 0.717) is 0 Å². The first kappa shape index (κ1) is 38.7. The van der Waals surface area contributed by atoms with Crippen molar-refractivity contribution in [1.29, 1.82) is 0 Å². The number of hydrogen-bond acceptors (Lipinski definition) is 2. The molecule has 0 saturated heterocycles. The van der Waals surface area contributed by atoms with Gasteiger partial charge in [0, 0.05) is 33.5 Å². The lowest BCUT2D eigenvalue weighted by Gasteiger charge is -2.33.